The number of rotatable bonds is 6. The number of hydrogen-bond donors (Lipinski definition) is 1. The van der Waals surface area contributed by atoms with E-state index in [1.165, 1.54) is 11.9 Å². The van der Waals surface area contributed by atoms with Gasteiger partial charge in [-0.25, -0.2) is 0 Å². The summed E-state index contributed by atoms with van der Waals surface area (Å²) in [5.74, 6) is 1.16. The van der Waals surface area contributed by atoms with Crippen molar-refractivity contribution in [3.05, 3.63) is 12.5 Å². The molecular formula is C10H21NO2S. The molecule has 84 valence electrons. The van der Waals surface area contributed by atoms with Crippen LogP contribution >= 0.6 is 11.9 Å². The summed E-state index contributed by atoms with van der Waals surface area (Å²) in [6, 6.07) is 0. The first-order valence-corrected chi connectivity index (χ1v) is 5.81. The summed E-state index contributed by atoms with van der Waals surface area (Å²) in [6.07, 6.45) is 2.19. The van der Waals surface area contributed by atoms with Gasteiger partial charge in [0.05, 0.1) is 0 Å². The van der Waals surface area contributed by atoms with Crippen LogP contribution in [0.4, 0.5) is 0 Å². The van der Waals surface area contributed by atoms with Crippen LogP contribution in [0.3, 0.4) is 0 Å². The summed E-state index contributed by atoms with van der Waals surface area (Å²) in [5, 5.41) is 9.48. The second kappa shape index (κ2) is 6.19. The fourth-order valence-electron chi connectivity index (χ4n) is 0.760. The Labute approximate surface area is 91.2 Å². The number of ether oxygens (including phenoxy) is 1. The van der Waals surface area contributed by atoms with Gasteiger partial charge in [-0.15, -0.1) is 0 Å². The zero-order valence-corrected chi connectivity index (χ0v) is 10.4. The SMILES string of the molecule is C=C(OC(C)(C)C)N(O)SCCCC. The summed E-state index contributed by atoms with van der Waals surface area (Å²) in [6.45, 7) is 11.5. The monoisotopic (exact) mass is 219 g/mol. The molecule has 0 amide bonds. The maximum absolute atomic E-state index is 9.48. The van der Waals surface area contributed by atoms with Crippen molar-refractivity contribution in [2.75, 3.05) is 5.75 Å². The van der Waals surface area contributed by atoms with Gasteiger partial charge in [0.2, 0.25) is 5.88 Å². The maximum Gasteiger partial charge on any atom is 0.217 e. The second-order valence-electron chi connectivity index (χ2n) is 4.07. The van der Waals surface area contributed by atoms with Gasteiger partial charge in [-0.3, -0.25) is 5.21 Å². The smallest absolute Gasteiger partial charge is 0.217 e. The first kappa shape index (κ1) is 13.7. The van der Waals surface area contributed by atoms with E-state index in [9.17, 15) is 5.21 Å². The molecule has 0 radical (unpaired) electrons. The van der Waals surface area contributed by atoms with E-state index < -0.39 is 0 Å². The van der Waals surface area contributed by atoms with Crippen LogP contribution in [0.1, 0.15) is 40.5 Å². The lowest BCUT2D eigenvalue weighted by Gasteiger charge is -2.26. The van der Waals surface area contributed by atoms with Crippen molar-refractivity contribution in [2.45, 2.75) is 46.1 Å². The van der Waals surface area contributed by atoms with Crippen LogP contribution in [0.5, 0.6) is 0 Å². The molecule has 0 spiro atoms. The highest BCUT2D eigenvalue weighted by molar-refractivity contribution is 7.96. The van der Waals surface area contributed by atoms with Gasteiger partial charge < -0.3 is 4.74 Å². The molecule has 14 heavy (non-hydrogen) atoms. The molecule has 0 aromatic carbocycles. The maximum atomic E-state index is 9.48. The van der Waals surface area contributed by atoms with Gasteiger partial charge in [-0.05, 0) is 45.7 Å². The Morgan fingerprint density at radius 1 is 1.50 bits per heavy atom. The van der Waals surface area contributed by atoms with Crippen LogP contribution < -0.4 is 0 Å². The van der Waals surface area contributed by atoms with Crippen LogP contribution in [-0.4, -0.2) is 21.0 Å². The standard InChI is InChI=1S/C10H21NO2S/c1-6-7-8-14-11(12)9(2)13-10(3,4)5/h12H,2,6-8H2,1,3-5H3. The summed E-state index contributed by atoms with van der Waals surface area (Å²) in [5.41, 5.74) is -0.316. The van der Waals surface area contributed by atoms with Gasteiger partial charge in [0, 0.05) is 5.75 Å². The summed E-state index contributed by atoms with van der Waals surface area (Å²) in [7, 11) is 0. The van der Waals surface area contributed by atoms with Crippen LogP contribution in [0.2, 0.25) is 0 Å². The first-order chi connectivity index (χ1) is 6.37. The zero-order chi connectivity index (χ0) is 11.2. The van der Waals surface area contributed by atoms with E-state index in [4.69, 9.17) is 4.74 Å². The second-order valence-corrected chi connectivity index (χ2v) is 5.08. The van der Waals surface area contributed by atoms with E-state index in [2.05, 4.69) is 13.5 Å². The van der Waals surface area contributed by atoms with Crippen LogP contribution in [0, 0.1) is 0 Å². The van der Waals surface area contributed by atoms with Gasteiger partial charge in [0.25, 0.3) is 0 Å². The molecule has 0 saturated carbocycles. The van der Waals surface area contributed by atoms with Crippen molar-refractivity contribution < 1.29 is 9.94 Å². The number of hydroxylamine groups is 1. The molecule has 0 unspecified atom stereocenters. The Morgan fingerprint density at radius 3 is 2.50 bits per heavy atom. The number of hydrogen-bond acceptors (Lipinski definition) is 4. The van der Waals surface area contributed by atoms with Crippen LogP contribution in [0.25, 0.3) is 0 Å². The van der Waals surface area contributed by atoms with E-state index in [1.54, 1.807) is 0 Å². The quantitative estimate of drug-likeness (QED) is 0.321. The van der Waals surface area contributed by atoms with E-state index in [-0.39, 0.29) is 5.60 Å². The highest BCUT2D eigenvalue weighted by atomic mass is 32.2. The molecule has 0 aliphatic heterocycles. The summed E-state index contributed by atoms with van der Waals surface area (Å²) < 4.78 is 6.39. The molecule has 0 fully saturated rings. The van der Waals surface area contributed by atoms with Crippen molar-refractivity contribution in [1.82, 2.24) is 4.47 Å². The van der Waals surface area contributed by atoms with Gasteiger partial charge in [-0.1, -0.05) is 13.3 Å². The Hall–Kier alpha value is -0.350. The van der Waals surface area contributed by atoms with Gasteiger partial charge in [0.1, 0.15) is 5.60 Å². The predicted molar refractivity (Wildman–Crippen MR) is 61.0 cm³/mol. The molecule has 0 aliphatic rings. The molecule has 4 heteroatoms. The molecule has 0 rings (SSSR count). The minimum absolute atomic E-state index is 0.290. The molecule has 3 nitrogen and oxygen atoms in total. The van der Waals surface area contributed by atoms with Crippen molar-refractivity contribution in [3.8, 4) is 0 Å². The number of unbranched alkanes of at least 4 members (excludes halogenated alkanes) is 1. The average molecular weight is 219 g/mol. The highest BCUT2D eigenvalue weighted by Gasteiger charge is 2.16. The molecule has 0 heterocycles. The minimum atomic E-state index is -0.316. The Balaban J connectivity index is 3.77. The molecular weight excluding hydrogens is 198 g/mol. The van der Waals surface area contributed by atoms with Crippen molar-refractivity contribution in [2.24, 2.45) is 0 Å². The molecule has 0 saturated heterocycles. The summed E-state index contributed by atoms with van der Waals surface area (Å²) >= 11 is 1.31. The first-order valence-electron chi connectivity index (χ1n) is 4.86. The number of nitrogens with zero attached hydrogens (tertiary/aromatic N) is 1. The Kier molecular flexibility index (Phi) is 6.04. The molecule has 0 atom stereocenters. The zero-order valence-electron chi connectivity index (χ0n) is 9.54. The van der Waals surface area contributed by atoms with Crippen molar-refractivity contribution in [1.29, 1.82) is 0 Å². The highest BCUT2D eigenvalue weighted by Crippen LogP contribution is 2.20. The van der Waals surface area contributed by atoms with Crippen molar-refractivity contribution in [3.63, 3.8) is 0 Å². The molecule has 0 bridgehead atoms. The van der Waals surface area contributed by atoms with E-state index in [1.807, 2.05) is 20.8 Å². The summed E-state index contributed by atoms with van der Waals surface area (Å²) in [4.78, 5) is 0. The lowest BCUT2D eigenvalue weighted by Crippen LogP contribution is -2.24. The third-order valence-electron chi connectivity index (χ3n) is 1.35. The van der Waals surface area contributed by atoms with E-state index in [0.717, 1.165) is 23.1 Å². The van der Waals surface area contributed by atoms with Crippen LogP contribution in [0.15, 0.2) is 12.5 Å². The normalized spacial score (nSPS) is 11.2. The third kappa shape index (κ3) is 7.09. The fraction of sp³-hybridized carbons (Fsp3) is 0.800. The van der Waals surface area contributed by atoms with Crippen molar-refractivity contribution >= 4 is 11.9 Å². The molecule has 1 N–H and O–H groups in total. The van der Waals surface area contributed by atoms with E-state index >= 15 is 0 Å². The molecule has 0 aliphatic carbocycles. The van der Waals surface area contributed by atoms with Crippen LogP contribution in [-0.2, 0) is 4.74 Å². The lowest BCUT2D eigenvalue weighted by atomic mass is 10.2. The van der Waals surface area contributed by atoms with Gasteiger partial charge in [-0.2, -0.15) is 4.47 Å². The Morgan fingerprint density at radius 2 is 2.07 bits per heavy atom. The van der Waals surface area contributed by atoms with E-state index in [0.29, 0.717) is 5.88 Å². The molecule has 0 aromatic rings. The fourth-order valence-corrected chi connectivity index (χ4v) is 1.53. The largest absolute Gasteiger partial charge is 0.472 e. The topological polar surface area (TPSA) is 32.7 Å². The van der Waals surface area contributed by atoms with Gasteiger partial charge >= 0.3 is 0 Å². The Bertz CT molecular complexity index is 177. The lowest BCUT2D eigenvalue weighted by molar-refractivity contribution is -0.0633. The average Bonchev–Trinajstić information content (AvgIpc) is 2.01. The third-order valence-corrected chi connectivity index (χ3v) is 2.27. The molecule has 0 aromatic heterocycles. The predicted octanol–water partition coefficient (Wildman–Crippen LogP) is 3.41. The minimum Gasteiger partial charge on any atom is -0.472 e. The van der Waals surface area contributed by atoms with Gasteiger partial charge in [0.15, 0.2) is 0 Å².